The van der Waals surface area contributed by atoms with Gasteiger partial charge in [0, 0.05) is 18.0 Å². The summed E-state index contributed by atoms with van der Waals surface area (Å²) < 4.78 is 13.8. The lowest BCUT2D eigenvalue weighted by Gasteiger charge is -2.15. The third-order valence-electron chi connectivity index (χ3n) is 2.40. The van der Waals surface area contributed by atoms with E-state index >= 15 is 0 Å². The Morgan fingerprint density at radius 1 is 1.24 bits per heavy atom. The lowest BCUT2D eigenvalue weighted by molar-refractivity contribution is 0.321. The summed E-state index contributed by atoms with van der Waals surface area (Å²) in [5, 5.41) is 0. The van der Waals surface area contributed by atoms with Gasteiger partial charge in [0.05, 0.1) is 4.34 Å². The van der Waals surface area contributed by atoms with E-state index in [-0.39, 0.29) is 5.82 Å². The lowest BCUT2D eigenvalue weighted by atomic mass is 10.2. The highest BCUT2D eigenvalue weighted by Gasteiger charge is 2.04. The first-order chi connectivity index (χ1) is 8.13. The first-order valence-electron chi connectivity index (χ1n) is 5.31. The third-order valence-corrected chi connectivity index (χ3v) is 3.61. The van der Waals surface area contributed by atoms with Crippen LogP contribution < -0.4 is 0 Å². The van der Waals surface area contributed by atoms with Gasteiger partial charge in [0.25, 0.3) is 0 Å². The molecule has 0 aliphatic carbocycles. The number of thiophene rings is 1. The van der Waals surface area contributed by atoms with Crippen LogP contribution in [-0.4, -0.2) is 11.9 Å². The second-order valence-corrected chi connectivity index (χ2v) is 5.81. The Bertz CT molecular complexity index is 498. The summed E-state index contributed by atoms with van der Waals surface area (Å²) in [5.41, 5.74) is 0.982. The third kappa shape index (κ3) is 3.80. The minimum Gasteiger partial charge on any atom is -0.297 e. The van der Waals surface area contributed by atoms with Gasteiger partial charge >= 0.3 is 0 Å². The second-order valence-electron chi connectivity index (χ2n) is 4.01. The highest BCUT2D eigenvalue weighted by molar-refractivity contribution is 7.16. The molecule has 1 aromatic carbocycles. The topological polar surface area (TPSA) is 3.24 Å². The molecular formula is C13H13ClFNS. The van der Waals surface area contributed by atoms with Crippen molar-refractivity contribution in [1.82, 2.24) is 4.90 Å². The maximum absolute atomic E-state index is 13.0. The molecule has 0 fully saturated rings. The van der Waals surface area contributed by atoms with Crippen molar-refractivity contribution in [2.75, 3.05) is 7.05 Å². The predicted octanol–water partition coefficient (Wildman–Crippen LogP) is 4.17. The van der Waals surface area contributed by atoms with E-state index in [1.807, 2.05) is 25.2 Å². The molecule has 1 heterocycles. The van der Waals surface area contributed by atoms with E-state index < -0.39 is 0 Å². The molecule has 0 aliphatic heterocycles. The minimum absolute atomic E-state index is 0.185. The van der Waals surface area contributed by atoms with Gasteiger partial charge in [-0.1, -0.05) is 23.7 Å². The van der Waals surface area contributed by atoms with Crippen LogP contribution in [0.25, 0.3) is 0 Å². The average molecular weight is 270 g/mol. The fraction of sp³-hybridized carbons (Fsp3) is 0.231. The first-order valence-corrected chi connectivity index (χ1v) is 6.50. The molecule has 0 bridgehead atoms. The highest BCUT2D eigenvalue weighted by Crippen LogP contribution is 2.22. The number of hydrogen-bond acceptors (Lipinski definition) is 2. The molecule has 0 amide bonds. The molecule has 1 nitrogen and oxygen atoms in total. The maximum Gasteiger partial charge on any atom is 0.123 e. The van der Waals surface area contributed by atoms with Gasteiger partial charge in [-0.05, 0) is 36.9 Å². The van der Waals surface area contributed by atoms with E-state index in [2.05, 4.69) is 4.90 Å². The molecule has 4 heteroatoms. The number of halogens is 2. The van der Waals surface area contributed by atoms with Crippen LogP contribution in [-0.2, 0) is 13.1 Å². The fourth-order valence-corrected chi connectivity index (χ4v) is 2.87. The van der Waals surface area contributed by atoms with Crippen LogP contribution in [0, 0.1) is 5.82 Å². The molecule has 0 aliphatic rings. The Morgan fingerprint density at radius 3 is 2.71 bits per heavy atom. The zero-order valence-corrected chi connectivity index (χ0v) is 11.1. The van der Waals surface area contributed by atoms with Crippen LogP contribution in [0.2, 0.25) is 4.34 Å². The van der Waals surface area contributed by atoms with Crippen molar-refractivity contribution in [3.63, 3.8) is 0 Å². The van der Waals surface area contributed by atoms with E-state index in [9.17, 15) is 4.39 Å². The molecule has 2 rings (SSSR count). The van der Waals surface area contributed by atoms with Crippen molar-refractivity contribution in [2.45, 2.75) is 13.1 Å². The number of benzene rings is 1. The molecular weight excluding hydrogens is 257 g/mol. The highest BCUT2D eigenvalue weighted by atomic mass is 35.5. The summed E-state index contributed by atoms with van der Waals surface area (Å²) in [6, 6.07) is 10.6. The van der Waals surface area contributed by atoms with Gasteiger partial charge in [0.1, 0.15) is 5.82 Å². The average Bonchev–Trinajstić information content (AvgIpc) is 2.63. The zero-order chi connectivity index (χ0) is 12.3. The minimum atomic E-state index is -0.185. The standard InChI is InChI=1S/C13H13ClFNS/c1-16(9-12-5-6-13(14)17-12)8-10-3-2-4-11(15)7-10/h2-7H,8-9H2,1H3. The smallest absolute Gasteiger partial charge is 0.123 e. The number of rotatable bonds is 4. The largest absolute Gasteiger partial charge is 0.297 e. The molecule has 1 aromatic heterocycles. The Balaban J connectivity index is 1.95. The summed E-state index contributed by atoms with van der Waals surface area (Å²) in [4.78, 5) is 3.35. The molecule has 0 N–H and O–H groups in total. The van der Waals surface area contributed by atoms with Crippen LogP contribution in [0.5, 0.6) is 0 Å². The number of hydrogen-bond donors (Lipinski definition) is 0. The van der Waals surface area contributed by atoms with Crippen molar-refractivity contribution in [2.24, 2.45) is 0 Å². The van der Waals surface area contributed by atoms with Crippen LogP contribution in [0.4, 0.5) is 4.39 Å². The summed E-state index contributed by atoms with van der Waals surface area (Å²) in [7, 11) is 2.01. The van der Waals surface area contributed by atoms with E-state index in [0.717, 1.165) is 23.0 Å². The molecule has 0 unspecified atom stereocenters. The molecule has 17 heavy (non-hydrogen) atoms. The van der Waals surface area contributed by atoms with Crippen molar-refractivity contribution >= 4 is 22.9 Å². The Kier molecular flexibility index (Phi) is 4.15. The van der Waals surface area contributed by atoms with Gasteiger partial charge in [-0.25, -0.2) is 4.39 Å². The Labute approximate surface area is 109 Å². The SMILES string of the molecule is CN(Cc1cccc(F)c1)Cc1ccc(Cl)s1. The van der Waals surface area contributed by atoms with E-state index in [1.165, 1.54) is 10.9 Å². The van der Waals surface area contributed by atoms with E-state index in [0.29, 0.717) is 0 Å². The van der Waals surface area contributed by atoms with Crippen LogP contribution in [0.1, 0.15) is 10.4 Å². The molecule has 0 spiro atoms. The van der Waals surface area contributed by atoms with Gasteiger partial charge in [0.15, 0.2) is 0 Å². The maximum atomic E-state index is 13.0. The van der Waals surface area contributed by atoms with Gasteiger partial charge in [-0.2, -0.15) is 0 Å². The van der Waals surface area contributed by atoms with Gasteiger partial charge in [0.2, 0.25) is 0 Å². The summed E-state index contributed by atoms with van der Waals surface area (Å²) >= 11 is 7.45. The predicted molar refractivity (Wildman–Crippen MR) is 70.9 cm³/mol. The Hall–Kier alpha value is -0.900. The first kappa shape index (κ1) is 12.6. The fourth-order valence-electron chi connectivity index (χ4n) is 1.71. The van der Waals surface area contributed by atoms with Crippen molar-refractivity contribution in [3.8, 4) is 0 Å². The zero-order valence-electron chi connectivity index (χ0n) is 9.49. The molecule has 0 saturated carbocycles. The van der Waals surface area contributed by atoms with Gasteiger partial charge in [-0.15, -0.1) is 11.3 Å². The van der Waals surface area contributed by atoms with Gasteiger partial charge in [-0.3, -0.25) is 4.90 Å². The quantitative estimate of drug-likeness (QED) is 0.805. The molecule has 0 atom stereocenters. The van der Waals surface area contributed by atoms with E-state index in [4.69, 9.17) is 11.6 Å². The van der Waals surface area contributed by atoms with Crippen LogP contribution in [0.15, 0.2) is 36.4 Å². The second kappa shape index (κ2) is 5.63. The monoisotopic (exact) mass is 269 g/mol. The Morgan fingerprint density at radius 2 is 2.06 bits per heavy atom. The van der Waals surface area contributed by atoms with Crippen LogP contribution >= 0.6 is 22.9 Å². The normalized spacial score (nSPS) is 11.1. The summed E-state index contributed by atoms with van der Waals surface area (Å²) in [6.07, 6.45) is 0. The molecule has 90 valence electrons. The van der Waals surface area contributed by atoms with E-state index in [1.54, 1.807) is 23.5 Å². The van der Waals surface area contributed by atoms with Crippen molar-refractivity contribution in [3.05, 3.63) is 57.0 Å². The molecule has 0 radical (unpaired) electrons. The van der Waals surface area contributed by atoms with Crippen molar-refractivity contribution < 1.29 is 4.39 Å². The van der Waals surface area contributed by atoms with Crippen LogP contribution in [0.3, 0.4) is 0 Å². The summed E-state index contributed by atoms with van der Waals surface area (Å²) in [5.74, 6) is -0.185. The van der Waals surface area contributed by atoms with Crippen molar-refractivity contribution in [1.29, 1.82) is 0 Å². The molecule has 0 saturated heterocycles. The number of nitrogens with zero attached hydrogens (tertiary/aromatic N) is 1. The van der Waals surface area contributed by atoms with Gasteiger partial charge < -0.3 is 0 Å². The molecule has 2 aromatic rings. The lowest BCUT2D eigenvalue weighted by Crippen LogP contribution is -2.16. The summed E-state index contributed by atoms with van der Waals surface area (Å²) in [6.45, 7) is 1.56.